The van der Waals surface area contributed by atoms with Crippen molar-refractivity contribution in [3.05, 3.63) is 0 Å². The van der Waals surface area contributed by atoms with Gasteiger partial charge in [-0.3, -0.25) is 4.55 Å². The average Bonchev–Trinajstić information content (AvgIpc) is 2.08. The van der Waals surface area contributed by atoms with Crippen LogP contribution in [0.2, 0.25) is 0 Å². The first kappa shape index (κ1) is 14.8. The summed E-state index contributed by atoms with van der Waals surface area (Å²) in [4.78, 5) is 0. The maximum atomic E-state index is 12.9. The SMILES string of the molecule is CCCCCCCCC(F)CS(=O)(=O)O. The lowest BCUT2D eigenvalue weighted by Gasteiger charge is -2.05. The molecule has 0 aliphatic heterocycles. The van der Waals surface area contributed by atoms with Crippen LogP contribution in [0.3, 0.4) is 0 Å². The Morgan fingerprint density at radius 3 is 2.20 bits per heavy atom. The van der Waals surface area contributed by atoms with Gasteiger partial charge in [0.2, 0.25) is 0 Å². The van der Waals surface area contributed by atoms with Gasteiger partial charge < -0.3 is 0 Å². The molecule has 0 amide bonds. The van der Waals surface area contributed by atoms with Gasteiger partial charge in [0.05, 0.1) is 0 Å². The van der Waals surface area contributed by atoms with Crippen molar-refractivity contribution in [3.8, 4) is 0 Å². The first-order valence-electron chi connectivity index (χ1n) is 5.55. The van der Waals surface area contributed by atoms with Crippen LogP contribution < -0.4 is 0 Å². The average molecular weight is 240 g/mol. The van der Waals surface area contributed by atoms with Gasteiger partial charge in [0, 0.05) is 0 Å². The number of alkyl halides is 1. The monoisotopic (exact) mass is 240 g/mol. The Bertz CT molecular complexity index is 239. The van der Waals surface area contributed by atoms with Crippen molar-refractivity contribution >= 4 is 10.1 Å². The van der Waals surface area contributed by atoms with Crippen LogP contribution in [0.4, 0.5) is 4.39 Å². The van der Waals surface area contributed by atoms with Gasteiger partial charge in [-0.25, -0.2) is 4.39 Å². The fraction of sp³-hybridized carbons (Fsp3) is 1.00. The molecule has 92 valence electrons. The van der Waals surface area contributed by atoms with E-state index in [4.69, 9.17) is 4.55 Å². The van der Waals surface area contributed by atoms with E-state index in [-0.39, 0.29) is 6.42 Å². The normalized spacial score (nSPS) is 14.1. The van der Waals surface area contributed by atoms with Crippen LogP contribution in [0.1, 0.15) is 51.9 Å². The van der Waals surface area contributed by atoms with Gasteiger partial charge in [0.25, 0.3) is 10.1 Å². The van der Waals surface area contributed by atoms with E-state index in [9.17, 15) is 12.8 Å². The lowest BCUT2D eigenvalue weighted by Crippen LogP contribution is -2.16. The summed E-state index contributed by atoms with van der Waals surface area (Å²) in [5.74, 6) is -0.762. The molecule has 0 saturated carbocycles. The summed E-state index contributed by atoms with van der Waals surface area (Å²) in [5, 5.41) is 0. The first-order valence-corrected chi connectivity index (χ1v) is 7.16. The summed E-state index contributed by atoms with van der Waals surface area (Å²) in [6, 6.07) is 0. The lowest BCUT2D eigenvalue weighted by atomic mass is 10.1. The number of hydrogen-bond acceptors (Lipinski definition) is 2. The van der Waals surface area contributed by atoms with Crippen LogP contribution in [0, 0.1) is 0 Å². The van der Waals surface area contributed by atoms with E-state index in [2.05, 4.69) is 6.92 Å². The zero-order chi connectivity index (χ0) is 11.7. The van der Waals surface area contributed by atoms with Crippen molar-refractivity contribution in [3.63, 3.8) is 0 Å². The Morgan fingerprint density at radius 2 is 1.67 bits per heavy atom. The number of hydrogen-bond donors (Lipinski definition) is 1. The third kappa shape index (κ3) is 11.8. The fourth-order valence-corrected chi connectivity index (χ4v) is 2.08. The minimum atomic E-state index is -4.15. The summed E-state index contributed by atoms with van der Waals surface area (Å²) in [7, 11) is -4.15. The van der Waals surface area contributed by atoms with Gasteiger partial charge in [-0.2, -0.15) is 8.42 Å². The molecule has 0 aliphatic carbocycles. The predicted molar refractivity (Wildman–Crippen MR) is 59.3 cm³/mol. The van der Waals surface area contributed by atoms with E-state index in [1.165, 1.54) is 12.8 Å². The van der Waals surface area contributed by atoms with Crippen LogP contribution in [0.25, 0.3) is 0 Å². The van der Waals surface area contributed by atoms with Crippen molar-refractivity contribution in [2.45, 2.75) is 58.0 Å². The Labute approximate surface area is 91.8 Å². The molecular weight excluding hydrogens is 219 g/mol. The Kier molecular flexibility index (Phi) is 7.96. The van der Waals surface area contributed by atoms with E-state index < -0.39 is 22.0 Å². The zero-order valence-corrected chi connectivity index (χ0v) is 10.1. The molecule has 1 N–H and O–H groups in total. The quantitative estimate of drug-likeness (QED) is 0.498. The van der Waals surface area contributed by atoms with Gasteiger partial charge in [0.15, 0.2) is 0 Å². The van der Waals surface area contributed by atoms with Crippen LogP contribution in [-0.4, -0.2) is 24.9 Å². The summed E-state index contributed by atoms with van der Waals surface area (Å²) >= 11 is 0. The maximum absolute atomic E-state index is 12.9. The molecule has 0 aromatic carbocycles. The number of unbranched alkanes of at least 4 members (excludes halogenated alkanes) is 5. The molecule has 0 spiro atoms. The highest BCUT2D eigenvalue weighted by atomic mass is 32.2. The molecule has 0 aromatic heterocycles. The van der Waals surface area contributed by atoms with Crippen LogP contribution in [0.5, 0.6) is 0 Å². The molecule has 1 unspecified atom stereocenters. The molecule has 3 nitrogen and oxygen atoms in total. The smallest absolute Gasteiger partial charge is 0.267 e. The third-order valence-electron chi connectivity index (χ3n) is 2.26. The van der Waals surface area contributed by atoms with E-state index in [1.54, 1.807) is 0 Å². The molecule has 0 aliphatic rings. The van der Waals surface area contributed by atoms with E-state index in [1.807, 2.05) is 0 Å². The van der Waals surface area contributed by atoms with Gasteiger partial charge in [-0.1, -0.05) is 45.4 Å². The molecule has 0 bridgehead atoms. The second-order valence-electron chi connectivity index (χ2n) is 3.90. The number of rotatable bonds is 9. The highest BCUT2D eigenvalue weighted by molar-refractivity contribution is 7.85. The summed E-state index contributed by atoms with van der Waals surface area (Å²) in [6.45, 7) is 2.13. The Balaban J connectivity index is 3.36. The van der Waals surface area contributed by atoms with E-state index in [0.717, 1.165) is 19.3 Å². The standard InChI is InChI=1S/C10H21FO3S/c1-2-3-4-5-6-7-8-10(11)9-15(12,13)14/h10H,2-9H2,1H3,(H,12,13,14). The van der Waals surface area contributed by atoms with Gasteiger partial charge in [0.1, 0.15) is 11.9 Å². The molecule has 0 radical (unpaired) electrons. The minimum absolute atomic E-state index is 0.228. The Morgan fingerprint density at radius 1 is 1.13 bits per heavy atom. The van der Waals surface area contributed by atoms with Crippen molar-refractivity contribution < 1.29 is 17.4 Å². The van der Waals surface area contributed by atoms with Crippen molar-refractivity contribution in [2.75, 3.05) is 5.75 Å². The molecule has 0 aromatic rings. The predicted octanol–water partition coefficient (Wildman–Crippen LogP) is 2.96. The summed E-state index contributed by atoms with van der Waals surface area (Å²) in [6.07, 6.45) is 5.04. The molecule has 0 fully saturated rings. The zero-order valence-electron chi connectivity index (χ0n) is 9.28. The molecule has 5 heteroatoms. The number of halogens is 1. The Hall–Kier alpha value is -0.160. The van der Waals surface area contributed by atoms with Crippen molar-refractivity contribution in [1.82, 2.24) is 0 Å². The van der Waals surface area contributed by atoms with Gasteiger partial charge in [-0.05, 0) is 6.42 Å². The molecule has 15 heavy (non-hydrogen) atoms. The van der Waals surface area contributed by atoms with Crippen LogP contribution in [0.15, 0.2) is 0 Å². The largest absolute Gasteiger partial charge is 0.285 e. The molecular formula is C10H21FO3S. The maximum Gasteiger partial charge on any atom is 0.267 e. The molecule has 0 saturated heterocycles. The summed E-state index contributed by atoms with van der Waals surface area (Å²) in [5.41, 5.74) is 0. The first-order chi connectivity index (χ1) is 6.95. The highest BCUT2D eigenvalue weighted by Crippen LogP contribution is 2.11. The van der Waals surface area contributed by atoms with Crippen molar-refractivity contribution in [2.24, 2.45) is 0 Å². The van der Waals surface area contributed by atoms with Crippen LogP contribution >= 0.6 is 0 Å². The highest BCUT2D eigenvalue weighted by Gasteiger charge is 2.14. The second-order valence-corrected chi connectivity index (χ2v) is 5.40. The van der Waals surface area contributed by atoms with Crippen LogP contribution in [-0.2, 0) is 10.1 Å². The van der Waals surface area contributed by atoms with E-state index >= 15 is 0 Å². The lowest BCUT2D eigenvalue weighted by molar-refractivity contribution is 0.324. The van der Waals surface area contributed by atoms with Gasteiger partial charge in [-0.15, -0.1) is 0 Å². The molecule has 0 rings (SSSR count). The fourth-order valence-electron chi connectivity index (χ4n) is 1.46. The molecule has 1 atom stereocenters. The molecule has 0 heterocycles. The third-order valence-corrected chi connectivity index (χ3v) is 3.05. The second kappa shape index (κ2) is 8.05. The summed E-state index contributed by atoms with van der Waals surface area (Å²) < 4.78 is 42.0. The topological polar surface area (TPSA) is 54.4 Å². The van der Waals surface area contributed by atoms with Gasteiger partial charge >= 0.3 is 0 Å². The minimum Gasteiger partial charge on any atom is -0.285 e. The van der Waals surface area contributed by atoms with E-state index in [0.29, 0.717) is 6.42 Å². The van der Waals surface area contributed by atoms with Crippen molar-refractivity contribution in [1.29, 1.82) is 0 Å².